The predicted molar refractivity (Wildman–Crippen MR) is 88.2 cm³/mol. The second kappa shape index (κ2) is 10.0. The van der Waals surface area contributed by atoms with Gasteiger partial charge in [0.25, 0.3) is 0 Å². The van der Waals surface area contributed by atoms with Crippen molar-refractivity contribution >= 4 is 33.1 Å². The summed E-state index contributed by atoms with van der Waals surface area (Å²) in [5.74, 6) is 0. The number of carbonyl (C=O) groups excluding carboxylic acids is 2. The number of allylic oxidation sites excluding steroid dienone is 2. The quantitative estimate of drug-likeness (QED) is 0.539. The van der Waals surface area contributed by atoms with E-state index in [1.165, 1.54) is 12.2 Å². The normalized spacial score (nSPS) is 10.7. The first-order chi connectivity index (χ1) is 10.2. The van der Waals surface area contributed by atoms with Crippen LogP contribution in [-0.4, -0.2) is 8.51 Å². The summed E-state index contributed by atoms with van der Waals surface area (Å²) in [7, 11) is 0. The molecule has 0 fully saturated rings. The third-order valence-corrected chi connectivity index (χ3v) is 3.83. The fourth-order valence-corrected chi connectivity index (χ4v) is 2.47. The maximum absolute atomic E-state index is 11.7. The van der Waals surface area contributed by atoms with Gasteiger partial charge in [0.2, 0.25) is 0 Å². The fraction of sp³-hybridized carbons (Fsp3) is 0. The molecule has 0 amide bonds. The molecule has 0 aliphatic carbocycles. The van der Waals surface area contributed by atoms with Gasteiger partial charge < -0.3 is 0 Å². The molecular weight excluding hydrogens is 390 g/mol. The van der Waals surface area contributed by atoms with Crippen molar-refractivity contribution in [2.24, 2.45) is 0 Å². The van der Waals surface area contributed by atoms with Gasteiger partial charge in [-0.3, -0.25) is 0 Å². The zero-order chi connectivity index (χ0) is 14.9. The van der Waals surface area contributed by atoms with Crippen molar-refractivity contribution in [3.63, 3.8) is 0 Å². The Balaban J connectivity index is 0.00000242. The fourth-order valence-electron chi connectivity index (χ4n) is 1.57. The van der Waals surface area contributed by atoms with Crippen molar-refractivity contribution in [1.82, 2.24) is 0 Å². The Bertz CT molecular complexity index is 605. The third-order valence-electron chi connectivity index (χ3n) is 2.55. The Kier molecular flexibility index (Phi) is 8.32. The van der Waals surface area contributed by atoms with Gasteiger partial charge in [-0.2, -0.15) is 0 Å². The molecule has 0 bridgehead atoms. The van der Waals surface area contributed by atoms with Gasteiger partial charge in [0, 0.05) is 0 Å². The summed E-state index contributed by atoms with van der Waals surface area (Å²) in [6.07, 6.45) is 6.40. The molecule has 116 valence electrons. The van der Waals surface area contributed by atoms with Gasteiger partial charge in [-0.1, -0.05) is 0 Å². The van der Waals surface area contributed by atoms with E-state index in [-0.39, 0.29) is 20.9 Å². The van der Waals surface area contributed by atoms with E-state index in [0.29, 0.717) is 0 Å². The van der Waals surface area contributed by atoms with Crippen LogP contribution < -0.4 is 0 Å². The minimum absolute atomic E-state index is 0. The number of hydrogen-bond donors (Lipinski definition) is 0. The van der Waals surface area contributed by atoms with Crippen molar-refractivity contribution in [2.75, 3.05) is 0 Å². The molecule has 0 aromatic heterocycles. The molecule has 0 N–H and O–H groups in total. The number of rotatable bonds is 6. The molecule has 2 rings (SSSR count). The van der Waals surface area contributed by atoms with E-state index in [4.69, 9.17) is 0 Å². The van der Waals surface area contributed by atoms with Gasteiger partial charge in [-0.15, -0.1) is 12.4 Å². The third kappa shape index (κ3) is 6.78. The van der Waals surface area contributed by atoms with Gasteiger partial charge in [0.05, 0.1) is 0 Å². The Hall–Kier alpha value is -1.79. The topological polar surface area (TPSA) is 34.1 Å². The second-order valence-electron chi connectivity index (χ2n) is 4.11. The summed E-state index contributed by atoms with van der Waals surface area (Å²) in [4.78, 5) is 23.4. The average Bonchev–Trinajstić information content (AvgIpc) is 2.53. The molecule has 0 saturated carbocycles. The predicted octanol–water partition coefficient (Wildman–Crippen LogP) is 3.97. The molecule has 0 aliphatic heterocycles. The van der Waals surface area contributed by atoms with E-state index in [1.807, 2.05) is 60.7 Å². The average molecular weight is 405 g/mol. The van der Waals surface area contributed by atoms with Crippen molar-refractivity contribution in [3.05, 3.63) is 83.9 Å². The van der Waals surface area contributed by atoms with Crippen molar-refractivity contribution in [1.29, 1.82) is 0 Å². The molecule has 0 atom stereocenters. The van der Waals surface area contributed by atoms with E-state index in [1.54, 1.807) is 12.2 Å². The number of halogens is 1. The van der Waals surface area contributed by atoms with Crippen LogP contribution in [0.4, 0.5) is 0 Å². The van der Waals surface area contributed by atoms with Crippen LogP contribution in [-0.2, 0) is 27.6 Å². The molecule has 0 heterocycles. The van der Waals surface area contributed by atoms with Gasteiger partial charge >= 0.3 is 132 Å². The standard InChI is InChI=1S/2C9H7O.ClH.Pd/c2*10-8-4-7-9-5-2-1-3-6-9;;/h2*1-7H;1H;. The first kappa shape index (κ1) is 18.3. The van der Waals surface area contributed by atoms with Crippen molar-refractivity contribution in [2.45, 2.75) is 0 Å². The van der Waals surface area contributed by atoms with Crippen LogP contribution in [0, 0.1) is 0 Å². The van der Waals surface area contributed by atoms with E-state index in [2.05, 4.69) is 0 Å². The Morgan fingerprint density at radius 3 is 1.41 bits per heavy atom. The monoisotopic (exact) mass is 404 g/mol. The molecule has 0 unspecified atom stereocenters. The first-order valence-electron chi connectivity index (χ1n) is 6.37. The summed E-state index contributed by atoms with van der Waals surface area (Å²) in [5, 5.41) is 0. The molecule has 0 radical (unpaired) electrons. The first-order valence-corrected chi connectivity index (χ1v) is 7.92. The zero-order valence-electron chi connectivity index (χ0n) is 11.6. The Morgan fingerprint density at radius 2 is 1.05 bits per heavy atom. The van der Waals surface area contributed by atoms with Crippen LogP contribution in [0.1, 0.15) is 11.1 Å². The molecule has 2 aromatic rings. The SMILES string of the molecule is Cl.O=[C](C=Cc1ccccc1)[Pd][C](=O)C=Cc1ccccc1. The molecule has 22 heavy (non-hydrogen) atoms. The summed E-state index contributed by atoms with van der Waals surface area (Å²) in [6.45, 7) is 0. The summed E-state index contributed by atoms with van der Waals surface area (Å²) >= 11 is -0.579. The van der Waals surface area contributed by atoms with Gasteiger partial charge in [0.15, 0.2) is 0 Å². The molecule has 0 aliphatic rings. The van der Waals surface area contributed by atoms with E-state index >= 15 is 0 Å². The molecule has 4 heteroatoms. The van der Waals surface area contributed by atoms with Crippen LogP contribution in [0.25, 0.3) is 12.2 Å². The van der Waals surface area contributed by atoms with Crippen LogP contribution in [0.2, 0.25) is 0 Å². The van der Waals surface area contributed by atoms with Gasteiger partial charge in [0.1, 0.15) is 0 Å². The number of benzene rings is 2. The van der Waals surface area contributed by atoms with Crippen LogP contribution >= 0.6 is 12.4 Å². The van der Waals surface area contributed by atoms with Gasteiger partial charge in [-0.25, -0.2) is 0 Å². The van der Waals surface area contributed by atoms with Crippen molar-refractivity contribution < 1.29 is 27.6 Å². The molecular formula is C18H15ClO2Pd. The van der Waals surface area contributed by atoms with Crippen molar-refractivity contribution in [3.8, 4) is 0 Å². The van der Waals surface area contributed by atoms with E-state index in [9.17, 15) is 9.59 Å². The molecule has 0 spiro atoms. The van der Waals surface area contributed by atoms with E-state index in [0.717, 1.165) is 11.1 Å². The number of hydrogen-bond acceptors (Lipinski definition) is 2. The summed E-state index contributed by atoms with van der Waals surface area (Å²) in [6, 6.07) is 19.1. The molecule has 0 saturated heterocycles. The summed E-state index contributed by atoms with van der Waals surface area (Å²) in [5.41, 5.74) is 1.90. The van der Waals surface area contributed by atoms with Crippen LogP contribution in [0.3, 0.4) is 0 Å². The molecule has 2 nitrogen and oxygen atoms in total. The Labute approximate surface area is 144 Å². The Morgan fingerprint density at radius 1 is 0.682 bits per heavy atom. The summed E-state index contributed by atoms with van der Waals surface area (Å²) < 4.78 is -0.286. The van der Waals surface area contributed by atoms with E-state index < -0.39 is 18.0 Å². The van der Waals surface area contributed by atoms with Gasteiger partial charge in [-0.05, 0) is 0 Å². The van der Waals surface area contributed by atoms with Crippen LogP contribution in [0.5, 0.6) is 0 Å². The maximum atomic E-state index is 11.7. The van der Waals surface area contributed by atoms with Crippen LogP contribution in [0.15, 0.2) is 72.8 Å². The number of carbonyl (C=O) groups is 2. The minimum atomic E-state index is -0.579. The second-order valence-corrected chi connectivity index (χ2v) is 6.04. The zero-order valence-corrected chi connectivity index (χ0v) is 14.0. The molecule has 2 aromatic carbocycles.